The molecule has 0 unspecified atom stereocenters. The van der Waals surface area contributed by atoms with E-state index >= 15 is 0 Å². The maximum Gasteiger partial charge on any atom is 0.227 e. The molecule has 0 bridgehead atoms. The van der Waals surface area contributed by atoms with Gasteiger partial charge in [0.05, 0.1) is 6.42 Å². The molecule has 1 aromatic carbocycles. The van der Waals surface area contributed by atoms with Gasteiger partial charge >= 0.3 is 0 Å². The predicted octanol–water partition coefficient (Wildman–Crippen LogP) is 3.54. The van der Waals surface area contributed by atoms with Crippen molar-refractivity contribution in [3.8, 4) is 0 Å². The molecule has 2 heterocycles. The van der Waals surface area contributed by atoms with Crippen molar-refractivity contribution < 1.29 is 9.53 Å². The van der Waals surface area contributed by atoms with Gasteiger partial charge in [-0.1, -0.05) is 36.4 Å². The first kappa shape index (κ1) is 16.2. The summed E-state index contributed by atoms with van der Waals surface area (Å²) in [6.07, 6.45) is 3.33. The molecule has 0 radical (unpaired) electrons. The normalized spacial score (nSPS) is 15.5. The van der Waals surface area contributed by atoms with Gasteiger partial charge in [-0.25, -0.2) is 0 Å². The third kappa shape index (κ3) is 4.66. The second kappa shape index (κ2) is 8.27. The minimum atomic E-state index is 0.236. The van der Waals surface area contributed by atoms with Gasteiger partial charge in [-0.2, -0.15) is 0 Å². The third-order valence-electron chi connectivity index (χ3n) is 4.33. The van der Waals surface area contributed by atoms with Crippen LogP contribution in [0.1, 0.15) is 23.3 Å². The zero-order valence-electron chi connectivity index (χ0n) is 13.3. The Kier molecular flexibility index (Phi) is 5.83. The van der Waals surface area contributed by atoms with E-state index in [9.17, 15) is 4.79 Å². The highest BCUT2D eigenvalue weighted by molar-refractivity contribution is 7.09. The van der Waals surface area contributed by atoms with Crippen molar-refractivity contribution in [3.63, 3.8) is 0 Å². The zero-order valence-corrected chi connectivity index (χ0v) is 14.1. The smallest absolute Gasteiger partial charge is 0.227 e. The summed E-state index contributed by atoms with van der Waals surface area (Å²) in [4.78, 5) is 16.3. The van der Waals surface area contributed by atoms with E-state index in [-0.39, 0.29) is 5.91 Å². The summed E-state index contributed by atoms with van der Waals surface area (Å²) in [5.74, 6) is 0.236. The van der Waals surface area contributed by atoms with Crippen LogP contribution in [0.4, 0.5) is 0 Å². The molecule has 1 aliphatic rings. The average Bonchev–Trinajstić information content (AvgIpc) is 3.10. The van der Waals surface area contributed by atoms with Gasteiger partial charge in [0, 0.05) is 30.7 Å². The molecule has 0 saturated carbocycles. The number of carbonyl (C=O) groups excluding carboxylic acids is 1. The second-order valence-electron chi connectivity index (χ2n) is 5.92. The number of amides is 1. The lowest BCUT2D eigenvalue weighted by Crippen LogP contribution is -2.45. The quantitative estimate of drug-likeness (QED) is 0.811. The Morgan fingerprint density at radius 3 is 2.61 bits per heavy atom. The number of thiophene rings is 1. The Hall–Kier alpha value is -1.65. The van der Waals surface area contributed by atoms with Gasteiger partial charge in [0.15, 0.2) is 0 Å². The van der Waals surface area contributed by atoms with Crippen molar-refractivity contribution in [1.29, 1.82) is 0 Å². The van der Waals surface area contributed by atoms with Crippen LogP contribution in [0.15, 0.2) is 47.8 Å². The van der Waals surface area contributed by atoms with E-state index in [1.165, 1.54) is 4.88 Å². The largest absolute Gasteiger partial charge is 0.381 e. The highest BCUT2D eigenvalue weighted by Gasteiger charge is 2.25. The van der Waals surface area contributed by atoms with Crippen LogP contribution in [0.2, 0.25) is 0 Å². The molecular formula is C19H23NO2S. The number of ether oxygens (including phenoxy) is 1. The van der Waals surface area contributed by atoms with E-state index in [0.717, 1.165) is 44.6 Å². The molecule has 2 aromatic rings. The molecule has 0 spiro atoms. The monoisotopic (exact) mass is 329 g/mol. The predicted molar refractivity (Wildman–Crippen MR) is 93.7 cm³/mol. The summed E-state index contributed by atoms with van der Waals surface area (Å²) in [6.45, 7) is 2.33. The van der Waals surface area contributed by atoms with Crippen LogP contribution in [0.3, 0.4) is 0 Å². The summed E-state index contributed by atoms with van der Waals surface area (Å²) < 4.78 is 5.46. The SMILES string of the molecule is O=C(Cc1ccccc1)N(CCc1cccs1)C1CCOCC1. The van der Waals surface area contributed by atoms with Crippen molar-refractivity contribution in [1.82, 2.24) is 4.90 Å². The summed E-state index contributed by atoms with van der Waals surface area (Å²) in [5.41, 5.74) is 1.09. The first-order chi connectivity index (χ1) is 11.3. The zero-order chi connectivity index (χ0) is 15.9. The van der Waals surface area contributed by atoms with Crippen LogP contribution in [0.25, 0.3) is 0 Å². The molecule has 3 nitrogen and oxygen atoms in total. The van der Waals surface area contributed by atoms with Gasteiger partial charge in [-0.05, 0) is 36.3 Å². The molecule has 122 valence electrons. The lowest BCUT2D eigenvalue weighted by atomic mass is 10.0. The number of hydrogen-bond acceptors (Lipinski definition) is 3. The van der Waals surface area contributed by atoms with Crippen LogP contribution < -0.4 is 0 Å². The fraction of sp³-hybridized carbons (Fsp3) is 0.421. The molecule has 1 aliphatic heterocycles. The highest BCUT2D eigenvalue weighted by atomic mass is 32.1. The number of rotatable bonds is 6. The molecule has 0 atom stereocenters. The maximum absolute atomic E-state index is 12.9. The van der Waals surface area contributed by atoms with Gasteiger partial charge < -0.3 is 9.64 Å². The Morgan fingerprint density at radius 2 is 1.91 bits per heavy atom. The standard InChI is InChI=1S/C19H23NO2S/c21-19(15-16-5-2-1-3-6-16)20(17-9-12-22-13-10-17)11-8-18-7-4-14-23-18/h1-7,14,17H,8-13,15H2. The molecular weight excluding hydrogens is 306 g/mol. The molecule has 0 N–H and O–H groups in total. The minimum absolute atomic E-state index is 0.236. The Labute approximate surface area is 141 Å². The van der Waals surface area contributed by atoms with Crippen molar-refractivity contribution in [2.24, 2.45) is 0 Å². The van der Waals surface area contributed by atoms with Crippen molar-refractivity contribution >= 4 is 17.2 Å². The van der Waals surface area contributed by atoms with Gasteiger partial charge in [0.1, 0.15) is 0 Å². The molecule has 1 aromatic heterocycles. The fourth-order valence-corrected chi connectivity index (χ4v) is 3.76. The third-order valence-corrected chi connectivity index (χ3v) is 5.27. The molecule has 0 aliphatic carbocycles. The number of hydrogen-bond donors (Lipinski definition) is 0. The first-order valence-corrected chi connectivity index (χ1v) is 9.14. The highest BCUT2D eigenvalue weighted by Crippen LogP contribution is 2.18. The van der Waals surface area contributed by atoms with Crippen molar-refractivity contribution in [3.05, 3.63) is 58.3 Å². The molecule has 23 heavy (non-hydrogen) atoms. The van der Waals surface area contributed by atoms with Crippen LogP contribution in [-0.4, -0.2) is 36.6 Å². The summed E-state index contributed by atoms with van der Waals surface area (Å²) in [5, 5.41) is 2.10. The van der Waals surface area contributed by atoms with Crippen molar-refractivity contribution in [2.75, 3.05) is 19.8 Å². The molecule has 1 saturated heterocycles. The number of carbonyl (C=O) groups is 1. The number of benzene rings is 1. The van der Waals surface area contributed by atoms with Gasteiger partial charge in [-0.3, -0.25) is 4.79 Å². The minimum Gasteiger partial charge on any atom is -0.381 e. The van der Waals surface area contributed by atoms with Gasteiger partial charge in [0.25, 0.3) is 0 Å². The second-order valence-corrected chi connectivity index (χ2v) is 6.95. The lowest BCUT2D eigenvalue weighted by molar-refractivity contribution is -0.134. The van der Waals surface area contributed by atoms with E-state index < -0.39 is 0 Å². The average molecular weight is 329 g/mol. The van der Waals surface area contributed by atoms with E-state index in [0.29, 0.717) is 12.5 Å². The van der Waals surface area contributed by atoms with Gasteiger partial charge in [0.2, 0.25) is 5.91 Å². The van der Waals surface area contributed by atoms with E-state index in [2.05, 4.69) is 22.4 Å². The Bertz CT molecular complexity index is 591. The van der Waals surface area contributed by atoms with Crippen LogP contribution in [-0.2, 0) is 22.4 Å². The molecule has 3 rings (SSSR count). The topological polar surface area (TPSA) is 29.5 Å². The molecule has 4 heteroatoms. The van der Waals surface area contributed by atoms with Crippen LogP contribution in [0, 0.1) is 0 Å². The Morgan fingerprint density at radius 1 is 1.13 bits per heavy atom. The summed E-state index contributed by atoms with van der Waals surface area (Å²) in [6, 6.07) is 14.6. The van der Waals surface area contributed by atoms with E-state index in [1.807, 2.05) is 30.3 Å². The first-order valence-electron chi connectivity index (χ1n) is 8.26. The van der Waals surface area contributed by atoms with Crippen LogP contribution in [0.5, 0.6) is 0 Å². The summed E-state index contributed by atoms with van der Waals surface area (Å²) in [7, 11) is 0. The van der Waals surface area contributed by atoms with Crippen LogP contribution >= 0.6 is 11.3 Å². The van der Waals surface area contributed by atoms with E-state index in [4.69, 9.17) is 4.74 Å². The van der Waals surface area contributed by atoms with E-state index in [1.54, 1.807) is 11.3 Å². The van der Waals surface area contributed by atoms with Crippen molar-refractivity contribution in [2.45, 2.75) is 31.7 Å². The fourth-order valence-electron chi connectivity index (χ4n) is 3.07. The summed E-state index contributed by atoms with van der Waals surface area (Å²) >= 11 is 1.76. The lowest BCUT2D eigenvalue weighted by Gasteiger charge is -2.34. The Balaban J connectivity index is 1.66. The molecule has 1 fully saturated rings. The van der Waals surface area contributed by atoms with Gasteiger partial charge in [-0.15, -0.1) is 11.3 Å². The number of nitrogens with zero attached hydrogens (tertiary/aromatic N) is 1. The molecule has 1 amide bonds. The maximum atomic E-state index is 12.9.